The van der Waals surface area contributed by atoms with Gasteiger partial charge in [-0.2, -0.15) is 0 Å². The summed E-state index contributed by atoms with van der Waals surface area (Å²) in [6.07, 6.45) is 0. The number of rotatable bonds is 7. The van der Waals surface area contributed by atoms with E-state index in [1.165, 1.54) is 32.3 Å². The molecule has 0 heterocycles. The molecule has 0 aliphatic carbocycles. The highest BCUT2D eigenvalue weighted by Gasteiger charge is 2.22. The zero-order valence-corrected chi connectivity index (χ0v) is 18.7. The van der Waals surface area contributed by atoms with Gasteiger partial charge >= 0.3 is 0 Å². The van der Waals surface area contributed by atoms with Crippen LogP contribution < -0.4 is 10.0 Å². The van der Waals surface area contributed by atoms with Crippen LogP contribution in [0.3, 0.4) is 0 Å². The first-order valence-corrected chi connectivity index (χ1v) is 11.8. The number of nitrogens with zero attached hydrogens (tertiary/aromatic N) is 1. The molecule has 2 rings (SSSR count). The highest BCUT2D eigenvalue weighted by Crippen LogP contribution is 2.30. The Bertz CT molecular complexity index is 1050. The van der Waals surface area contributed by atoms with Gasteiger partial charge in [-0.15, -0.1) is 0 Å². The number of aryl methyl sites for hydroxylation is 1. The molecule has 148 valence electrons. The van der Waals surface area contributed by atoms with Crippen LogP contribution in [0.5, 0.6) is 0 Å². The van der Waals surface area contributed by atoms with E-state index in [4.69, 9.17) is 0 Å². The molecule has 10 heteroatoms. The molecule has 0 bridgehead atoms. The summed E-state index contributed by atoms with van der Waals surface area (Å²) < 4.78 is 54.9. The lowest BCUT2D eigenvalue weighted by Gasteiger charge is -2.17. The van der Waals surface area contributed by atoms with Crippen LogP contribution in [0.25, 0.3) is 0 Å². The lowest BCUT2D eigenvalue weighted by molar-refractivity contribution is 0.521. The summed E-state index contributed by atoms with van der Waals surface area (Å²) in [7, 11) is -4.78. The molecular formula is C17H22BrN3O4S2. The van der Waals surface area contributed by atoms with Crippen LogP contribution in [0.15, 0.2) is 50.7 Å². The van der Waals surface area contributed by atoms with Crippen molar-refractivity contribution >= 4 is 47.4 Å². The standard InChI is InChI=1S/C17H22BrN3O4S2/c1-5-19-15-9-8-14(27(24,25)21(3)4)11-16(15)20-26(22,23)17-10-13(18)7-6-12(17)2/h6-11,19-20H,5H2,1-4H3. The fourth-order valence-electron chi connectivity index (χ4n) is 2.39. The predicted molar refractivity (Wildman–Crippen MR) is 111 cm³/mol. The number of hydrogen-bond donors (Lipinski definition) is 2. The lowest BCUT2D eigenvalue weighted by atomic mass is 10.2. The van der Waals surface area contributed by atoms with E-state index in [1.807, 2.05) is 6.92 Å². The van der Waals surface area contributed by atoms with Gasteiger partial charge < -0.3 is 5.32 Å². The van der Waals surface area contributed by atoms with Gasteiger partial charge in [0.15, 0.2) is 0 Å². The van der Waals surface area contributed by atoms with Gasteiger partial charge in [-0.1, -0.05) is 22.0 Å². The first-order valence-electron chi connectivity index (χ1n) is 8.08. The molecule has 0 amide bonds. The molecule has 2 aromatic rings. The largest absolute Gasteiger partial charge is 0.384 e. The Balaban J connectivity index is 2.57. The van der Waals surface area contributed by atoms with Gasteiger partial charge in [0.1, 0.15) is 0 Å². The second-order valence-corrected chi connectivity index (χ2v) is 10.8. The van der Waals surface area contributed by atoms with E-state index in [1.54, 1.807) is 25.1 Å². The first kappa shape index (κ1) is 21.7. The Labute approximate surface area is 169 Å². The van der Waals surface area contributed by atoms with E-state index in [-0.39, 0.29) is 15.5 Å². The maximum Gasteiger partial charge on any atom is 0.262 e. The van der Waals surface area contributed by atoms with Crippen LogP contribution in [0.1, 0.15) is 12.5 Å². The Morgan fingerprint density at radius 2 is 1.67 bits per heavy atom. The van der Waals surface area contributed by atoms with E-state index < -0.39 is 20.0 Å². The average molecular weight is 476 g/mol. The van der Waals surface area contributed by atoms with E-state index >= 15 is 0 Å². The molecule has 7 nitrogen and oxygen atoms in total. The van der Waals surface area contributed by atoms with Gasteiger partial charge in [-0.05, 0) is 49.7 Å². The Morgan fingerprint density at radius 3 is 2.26 bits per heavy atom. The highest BCUT2D eigenvalue weighted by atomic mass is 79.9. The molecule has 0 atom stereocenters. The highest BCUT2D eigenvalue weighted by molar-refractivity contribution is 9.10. The molecule has 0 spiro atoms. The predicted octanol–water partition coefficient (Wildman–Crippen LogP) is 3.24. The van der Waals surface area contributed by atoms with Crippen molar-refractivity contribution in [2.45, 2.75) is 23.6 Å². The van der Waals surface area contributed by atoms with Crippen LogP contribution in [-0.2, 0) is 20.0 Å². The molecule has 0 aromatic heterocycles. The number of benzene rings is 2. The number of halogens is 1. The monoisotopic (exact) mass is 475 g/mol. The van der Waals surface area contributed by atoms with E-state index in [9.17, 15) is 16.8 Å². The third-order valence-corrected chi connectivity index (χ3v) is 7.63. The molecule has 2 N–H and O–H groups in total. The molecule has 27 heavy (non-hydrogen) atoms. The summed E-state index contributed by atoms with van der Waals surface area (Å²) in [5, 5.41) is 3.04. The number of hydrogen-bond acceptors (Lipinski definition) is 5. The minimum atomic E-state index is -3.92. The Hall–Kier alpha value is -1.62. The van der Waals surface area contributed by atoms with Crippen LogP contribution in [0.4, 0.5) is 11.4 Å². The third-order valence-electron chi connectivity index (χ3n) is 3.82. The number of sulfonamides is 2. The smallest absolute Gasteiger partial charge is 0.262 e. The van der Waals surface area contributed by atoms with Crippen LogP contribution in [0, 0.1) is 6.92 Å². The van der Waals surface area contributed by atoms with Gasteiger partial charge in [-0.25, -0.2) is 21.1 Å². The summed E-state index contributed by atoms with van der Waals surface area (Å²) in [4.78, 5) is 0.109. The van der Waals surface area contributed by atoms with E-state index in [0.29, 0.717) is 22.3 Å². The topological polar surface area (TPSA) is 95.6 Å². The molecular weight excluding hydrogens is 454 g/mol. The van der Waals surface area contributed by atoms with Crippen LogP contribution in [-0.4, -0.2) is 41.8 Å². The quantitative estimate of drug-likeness (QED) is 0.640. The van der Waals surface area contributed by atoms with E-state index in [2.05, 4.69) is 26.0 Å². The van der Waals surface area contributed by atoms with Crippen LogP contribution >= 0.6 is 15.9 Å². The second kappa shape index (κ2) is 8.17. The third kappa shape index (κ3) is 4.81. The summed E-state index contributed by atoms with van der Waals surface area (Å²) in [6, 6.07) is 9.25. The van der Waals surface area contributed by atoms with Crippen molar-refractivity contribution in [3.8, 4) is 0 Å². The van der Waals surface area contributed by atoms with Crippen molar-refractivity contribution in [3.05, 3.63) is 46.4 Å². The van der Waals surface area contributed by atoms with Crippen molar-refractivity contribution in [1.82, 2.24) is 4.31 Å². The molecule has 0 saturated carbocycles. The Kier molecular flexibility index (Phi) is 6.56. The van der Waals surface area contributed by atoms with Crippen molar-refractivity contribution in [2.75, 3.05) is 30.7 Å². The summed E-state index contributed by atoms with van der Waals surface area (Å²) in [6.45, 7) is 4.10. The summed E-state index contributed by atoms with van der Waals surface area (Å²) in [5.41, 5.74) is 1.23. The number of anilines is 2. The zero-order valence-electron chi connectivity index (χ0n) is 15.4. The number of nitrogens with one attached hydrogen (secondary N) is 2. The lowest BCUT2D eigenvalue weighted by Crippen LogP contribution is -2.23. The molecule has 0 radical (unpaired) electrons. The fraction of sp³-hybridized carbons (Fsp3) is 0.294. The zero-order chi connectivity index (χ0) is 20.4. The molecule has 0 fully saturated rings. The molecule has 0 unspecified atom stereocenters. The van der Waals surface area contributed by atoms with Crippen molar-refractivity contribution in [1.29, 1.82) is 0 Å². The van der Waals surface area contributed by atoms with Crippen molar-refractivity contribution < 1.29 is 16.8 Å². The minimum absolute atomic E-state index is 0.00202. The minimum Gasteiger partial charge on any atom is -0.384 e. The van der Waals surface area contributed by atoms with Gasteiger partial charge in [0, 0.05) is 25.1 Å². The van der Waals surface area contributed by atoms with Gasteiger partial charge in [0.2, 0.25) is 10.0 Å². The van der Waals surface area contributed by atoms with Crippen molar-refractivity contribution in [2.24, 2.45) is 0 Å². The fourth-order valence-corrected chi connectivity index (χ4v) is 5.17. The average Bonchev–Trinajstić information content (AvgIpc) is 2.58. The summed E-state index contributed by atoms with van der Waals surface area (Å²) in [5.74, 6) is 0. The molecule has 0 aliphatic rings. The van der Waals surface area contributed by atoms with E-state index in [0.717, 1.165) is 4.31 Å². The molecule has 0 saturated heterocycles. The maximum atomic E-state index is 12.9. The van der Waals surface area contributed by atoms with Crippen LogP contribution in [0.2, 0.25) is 0 Å². The normalized spacial score (nSPS) is 12.2. The second-order valence-electron chi connectivity index (χ2n) is 6.04. The maximum absolute atomic E-state index is 12.9. The Morgan fingerprint density at radius 1 is 1.00 bits per heavy atom. The van der Waals surface area contributed by atoms with Gasteiger partial charge in [-0.3, -0.25) is 4.72 Å². The molecule has 0 aliphatic heterocycles. The molecule has 2 aromatic carbocycles. The SMILES string of the molecule is CCNc1ccc(S(=O)(=O)N(C)C)cc1NS(=O)(=O)c1cc(Br)ccc1C. The first-order chi connectivity index (χ1) is 12.5. The summed E-state index contributed by atoms with van der Waals surface area (Å²) >= 11 is 3.28. The van der Waals surface area contributed by atoms with Crippen molar-refractivity contribution in [3.63, 3.8) is 0 Å². The van der Waals surface area contributed by atoms with Gasteiger partial charge in [0.05, 0.1) is 21.2 Å². The van der Waals surface area contributed by atoms with Gasteiger partial charge in [0.25, 0.3) is 10.0 Å².